The van der Waals surface area contributed by atoms with Gasteiger partial charge in [-0.3, -0.25) is 4.79 Å². The summed E-state index contributed by atoms with van der Waals surface area (Å²) in [6, 6.07) is 9.73. The monoisotopic (exact) mass is 221 g/mol. The Morgan fingerprint density at radius 3 is 2.73 bits per heavy atom. The van der Waals surface area contributed by atoms with Crippen LogP contribution in [0, 0.1) is 0 Å². The van der Waals surface area contributed by atoms with E-state index in [2.05, 4.69) is 10.3 Å². The lowest BCUT2D eigenvalue weighted by Gasteiger charge is -2.09. The Morgan fingerprint density at radius 1 is 1.40 bits per heavy atom. The summed E-state index contributed by atoms with van der Waals surface area (Å²) in [5.41, 5.74) is 6.45. The van der Waals surface area contributed by atoms with Crippen LogP contribution in [-0.2, 0) is 4.79 Å². The first kappa shape index (κ1) is 10.0. The van der Waals surface area contributed by atoms with Crippen LogP contribution in [0.25, 0.3) is 0 Å². The zero-order chi connectivity index (χ0) is 10.7. The third-order valence-electron chi connectivity index (χ3n) is 2.02. The molecule has 1 aromatic rings. The summed E-state index contributed by atoms with van der Waals surface area (Å²) >= 11 is 1.31. The molecule has 2 rings (SSSR count). The molecule has 0 radical (unpaired) electrons. The van der Waals surface area contributed by atoms with E-state index in [1.54, 1.807) is 0 Å². The van der Waals surface area contributed by atoms with Crippen molar-refractivity contribution in [3.63, 3.8) is 0 Å². The third-order valence-corrected chi connectivity index (χ3v) is 3.01. The van der Waals surface area contributed by atoms with E-state index in [0.29, 0.717) is 11.7 Å². The number of carbonyl (C=O) groups excluding carboxylic acids is 1. The van der Waals surface area contributed by atoms with E-state index in [1.165, 1.54) is 11.8 Å². The quantitative estimate of drug-likeness (QED) is 0.800. The van der Waals surface area contributed by atoms with Gasteiger partial charge in [0.15, 0.2) is 5.17 Å². The van der Waals surface area contributed by atoms with Crippen LogP contribution in [0.4, 0.5) is 5.69 Å². The number of aliphatic imine (C=N–C) groups is 1. The lowest BCUT2D eigenvalue weighted by molar-refractivity contribution is -0.116. The number of para-hydroxylation sites is 1. The van der Waals surface area contributed by atoms with Gasteiger partial charge in [0.05, 0.1) is 0 Å². The number of nitrogens with two attached hydrogens (primary N) is 1. The van der Waals surface area contributed by atoms with Gasteiger partial charge in [0.2, 0.25) is 0 Å². The summed E-state index contributed by atoms with van der Waals surface area (Å²) in [6.07, 6.45) is 0. The number of anilines is 1. The van der Waals surface area contributed by atoms with Crippen molar-refractivity contribution in [1.82, 2.24) is 0 Å². The van der Waals surface area contributed by atoms with E-state index >= 15 is 0 Å². The highest BCUT2D eigenvalue weighted by Crippen LogP contribution is 2.20. The summed E-state index contributed by atoms with van der Waals surface area (Å²) < 4.78 is 0. The highest BCUT2D eigenvalue weighted by Gasteiger charge is 2.26. The Labute approximate surface area is 92.0 Å². The number of carbonyl (C=O) groups is 1. The molecule has 1 heterocycles. The molecule has 1 aliphatic heterocycles. The highest BCUT2D eigenvalue weighted by molar-refractivity contribution is 8.15. The van der Waals surface area contributed by atoms with Crippen LogP contribution in [-0.4, -0.2) is 22.9 Å². The van der Waals surface area contributed by atoms with Crippen molar-refractivity contribution in [2.45, 2.75) is 5.25 Å². The number of hydrogen-bond acceptors (Lipinski definition) is 4. The summed E-state index contributed by atoms with van der Waals surface area (Å²) in [5.74, 6) is -0.152. The fourth-order valence-corrected chi connectivity index (χ4v) is 2.05. The van der Waals surface area contributed by atoms with Crippen LogP contribution in [0.3, 0.4) is 0 Å². The molecule has 0 unspecified atom stereocenters. The minimum absolute atomic E-state index is 0.152. The SMILES string of the molecule is NC1=NC(=O)[C@H](CNc2ccccc2)S1. The largest absolute Gasteiger partial charge is 0.383 e. The molecule has 4 nitrogen and oxygen atoms in total. The van der Waals surface area contributed by atoms with Crippen molar-refractivity contribution in [1.29, 1.82) is 0 Å². The number of nitrogens with one attached hydrogen (secondary N) is 1. The topological polar surface area (TPSA) is 67.5 Å². The Bertz CT molecular complexity index is 391. The summed E-state index contributed by atoms with van der Waals surface area (Å²) in [5, 5.41) is 3.34. The smallest absolute Gasteiger partial charge is 0.263 e. The van der Waals surface area contributed by atoms with Crippen molar-refractivity contribution < 1.29 is 4.79 Å². The minimum Gasteiger partial charge on any atom is -0.383 e. The number of amides is 1. The molecule has 3 N–H and O–H groups in total. The number of benzene rings is 1. The molecule has 0 fully saturated rings. The van der Waals surface area contributed by atoms with Gasteiger partial charge in [0.1, 0.15) is 5.25 Å². The molecule has 0 spiro atoms. The number of amidine groups is 1. The first-order valence-electron chi connectivity index (χ1n) is 4.59. The van der Waals surface area contributed by atoms with E-state index < -0.39 is 0 Å². The van der Waals surface area contributed by atoms with Gasteiger partial charge in [0, 0.05) is 12.2 Å². The maximum absolute atomic E-state index is 11.3. The van der Waals surface area contributed by atoms with E-state index in [4.69, 9.17) is 5.73 Å². The second kappa shape index (κ2) is 4.35. The van der Waals surface area contributed by atoms with Gasteiger partial charge in [-0.1, -0.05) is 30.0 Å². The lowest BCUT2D eigenvalue weighted by Crippen LogP contribution is -2.21. The van der Waals surface area contributed by atoms with Gasteiger partial charge in [-0.25, -0.2) is 0 Å². The summed E-state index contributed by atoms with van der Waals surface area (Å²) in [6.45, 7) is 0.553. The molecular formula is C10H11N3OS. The average Bonchev–Trinajstić information content (AvgIpc) is 2.56. The van der Waals surface area contributed by atoms with Crippen molar-refractivity contribution in [2.75, 3.05) is 11.9 Å². The van der Waals surface area contributed by atoms with Crippen LogP contribution >= 0.6 is 11.8 Å². The second-order valence-electron chi connectivity index (χ2n) is 3.14. The normalized spacial score (nSPS) is 20.1. The van der Waals surface area contributed by atoms with Gasteiger partial charge >= 0.3 is 0 Å². The number of hydrogen-bond donors (Lipinski definition) is 2. The number of rotatable bonds is 3. The van der Waals surface area contributed by atoms with E-state index in [9.17, 15) is 4.79 Å². The molecule has 0 aromatic heterocycles. The Hall–Kier alpha value is -1.49. The first-order chi connectivity index (χ1) is 7.25. The second-order valence-corrected chi connectivity index (χ2v) is 4.36. The van der Waals surface area contributed by atoms with E-state index in [1.807, 2.05) is 30.3 Å². The van der Waals surface area contributed by atoms with Gasteiger partial charge in [0.25, 0.3) is 5.91 Å². The molecule has 0 saturated heterocycles. The predicted octanol–water partition coefficient (Wildman–Crippen LogP) is 1.06. The molecule has 0 saturated carbocycles. The van der Waals surface area contributed by atoms with Crippen LogP contribution in [0.1, 0.15) is 0 Å². The number of nitrogens with zero attached hydrogens (tertiary/aromatic N) is 1. The lowest BCUT2D eigenvalue weighted by atomic mass is 10.3. The van der Waals surface area contributed by atoms with Gasteiger partial charge < -0.3 is 11.1 Å². The minimum atomic E-state index is -0.190. The fourth-order valence-electron chi connectivity index (χ4n) is 1.30. The van der Waals surface area contributed by atoms with Crippen molar-refractivity contribution in [3.8, 4) is 0 Å². The van der Waals surface area contributed by atoms with Gasteiger partial charge in [-0.15, -0.1) is 0 Å². The Morgan fingerprint density at radius 2 is 2.13 bits per heavy atom. The van der Waals surface area contributed by atoms with Crippen LogP contribution in [0.15, 0.2) is 35.3 Å². The fraction of sp³-hybridized carbons (Fsp3) is 0.200. The molecule has 0 aliphatic carbocycles. The van der Waals surface area contributed by atoms with Crippen LogP contribution in [0.2, 0.25) is 0 Å². The van der Waals surface area contributed by atoms with Gasteiger partial charge in [-0.2, -0.15) is 4.99 Å². The van der Waals surface area contributed by atoms with Crippen LogP contribution < -0.4 is 11.1 Å². The van der Waals surface area contributed by atoms with Crippen molar-refractivity contribution >= 4 is 28.5 Å². The third kappa shape index (κ3) is 2.50. The van der Waals surface area contributed by atoms with Crippen molar-refractivity contribution in [3.05, 3.63) is 30.3 Å². The van der Waals surface area contributed by atoms with Gasteiger partial charge in [-0.05, 0) is 12.1 Å². The standard InChI is InChI=1S/C10H11N3OS/c11-10-13-9(14)8(15-10)6-12-7-4-2-1-3-5-7/h1-5,8,12H,6H2,(H2,11,13,14)/t8-/m0/s1. The predicted molar refractivity (Wildman–Crippen MR) is 62.9 cm³/mol. The maximum Gasteiger partial charge on any atom is 0.263 e. The van der Waals surface area contributed by atoms with E-state index in [0.717, 1.165) is 5.69 Å². The summed E-state index contributed by atoms with van der Waals surface area (Å²) in [4.78, 5) is 14.9. The molecule has 5 heteroatoms. The number of thioether (sulfide) groups is 1. The first-order valence-corrected chi connectivity index (χ1v) is 5.47. The van der Waals surface area contributed by atoms with Crippen LogP contribution in [0.5, 0.6) is 0 Å². The Kier molecular flexibility index (Phi) is 2.91. The molecule has 1 atom stereocenters. The molecule has 0 bridgehead atoms. The molecule has 15 heavy (non-hydrogen) atoms. The highest BCUT2D eigenvalue weighted by atomic mass is 32.2. The summed E-state index contributed by atoms with van der Waals surface area (Å²) in [7, 11) is 0. The zero-order valence-electron chi connectivity index (χ0n) is 8.01. The average molecular weight is 221 g/mol. The van der Waals surface area contributed by atoms with Crippen molar-refractivity contribution in [2.24, 2.45) is 10.7 Å². The Balaban J connectivity index is 1.88. The molecule has 1 aromatic carbocycles. The van der Waals surface area contributed by atoms with E-state index in [-0.39, 0.29) is 11.2 Å². The molecule has 1 amide bonds. The zero-order valence-corrected chi connectivity index (χ0v) is 8.83. The molecular weight excluding hydrogens is 210 g/mol. The molecule has 78 valence electrons. The molecule has 1 aliphatic rings. The maximum atomic E-state index is 11.3.